The molecule has 0 aliphatic carbocycles. The zero-order valence-electron chi connectivity index (χ0n) is 9.60. The number of halogens is 1. The molecule has 1 aromatic carbocycles. The van der Waals surface area contributed by atoms with Gasteiger partial charge in [0.25, 0.3) is 0 Å². The van der Waals surface area contributed by atoms with Gasteiger partial charge in [0.15, 0.2) is 0 Å². The quantitative estimate of drug-likeness (QED) is 0.906. The van der Waals surface area contributed by atoms with Gasteiger partial charge in [-0.15, -0.1) is 11.3 Å². The van der Waals surface area contributed by atoms with Crippen molar-refractivity contribution in [3.05, 3.63) is 63.4 Å². The van der Waals surface area contributed by atoms with E-state index in [2.05, 4.69) is 5.32 Å². The number of benzene rings is 1. The second-order valence-corrected chi connectivity index (χ2v) is 5.14. The maximum absolute atomic E-state index is 11.6. The molecule has 4 heteroatoms. The molecule has 0 aliphatic heterocycles. The molecule has 1 amide bonds. The zero-order chi connectivity index (χ0) is 12.8. The van der Waals surface area contributed by atoms with Crippen molar-refractivity contribution in [1.82, 2.24) is 5.32 Å². The average Bonchev–Trinajstić information content (AvgIpc) is 2.85. The number of amides is 1. The first-order chi connectivity index (χ1) is 8.74. The SMILES string of the molecule is O=C(Cc1ccc(Cl)cc1)N/C=C/c1cccs1. The number of carbonyl (C=O) groups is 1. The monoisotopic (exact) mass is 277 g/mol. The van der Waals surface area contributed by atoms with Crippen LogP contribution in [0.4, 0.5) is 0 Å². The molecule has 18 heavy (non-hydrogen) atoms. The Hall–Kier alpha value is -1.58. The zero-order valence-corrected chi connectivity index (χ0v) is 11.2. The molecule has 0 bridgehead atoms. The lowest BCUT2D eigenvalue weighted by Crippen LogP contribution is -2.18. The van der Waals surface area contributed by atoms with Crippen LogP contribution >= 0.6 is 22.9 Å². The Labute approximate surface area is 115 Å². The molecular formula is C14H12ClNOS. The second-order valence-electron chi connectivity index (χ2n) is 3.72. The predicted octanol–water partition coefficient (Wildman–Crippen LogP) is 3.73. The van der Waals surface area contributed by atoms with Gasteiger partial charge in [-0.1, -0.05) is 29.8 Å². The number of hydrogen-bond donors (Lipinski definition) is 1. The fraction of sp³-hybridized carbons (Fsp3) is 0.0714. The van der Waals surface area contributed by atoms with Crippen LogP contribution in [0.25, 0.3) is 6.08 Å². The normalized spacial score (nSPS) is 10.7. The number of rotatable bonds is 4. The maximum atomic E-state index is 11.6. The van der Waals surface area contributed by atoms with Crippen LogP contribution in [0.5, 0.6) is 0 Å². The molecule has 0 aliphatic rings. The van der Waals surface area contributed by atoms with Gasteiger partial charge in [0, 0.05) is 16.1 Å². The number of thiophene rings is 1. The van der Waals surface area contributed by atoms with Gasteiger partial charge in [0.2, 0.25) is 5.91 Å². The molecule has 2 nitrogen and oxygen atoms in total. The van der Waals surface area contributed by atoms with Gasteiger partial charge in [0.05, 0.1) is 6.42 Å². The summed E-state index contributed by atoms with van der Waals surface area (Å²) in [6, 6.07) is 11.2. The van der Waals surface area contributed by atoms with Crippen LogP contribution in [-0.4, -0.2) is 5.91 Å². The summed E-state index contributed by atoms with van der Waals surface area (Å²) in [5, 5.41) is 5.41. The van der Waals surface area contributed by atoms with Gasteiger partial charge in [0.1, 0.15) is 0 Å². The number of hydrogen-bond acceptors (Lipinski definition) is 2. The number of carbonyl (C=O) groups excluding carboxylic acids is 1. The van der Waals surface area contributed by atoms with E-state index in [1.54, 1.807) is 29.7 Å². The van der Waals surface area contributed by atoms with Crippen LogP contribution in [0.15, 0.2) is 48.0 Å². The highest BCUT2D eigenvalue weighted by Gasteiger charge is 2.00. The Morgan fingerprint density at radius 2 is 2.06 bits per heavy atom. The van der Waals surface area contributed by atoms with Crippen molar-refractivity contribution in [1.29, 1.82) is 0 Å². The van der Waals surface area contributed by atoms with E-state index in [-0.39, 0.29) is 5.91 Å². The third kappa shape index (κ3) is 4.02. The van der Waals surface area contributed by atoms with Crippen molar-refractivity contribution in [2.24, 2.45) is 0 Å². The minimum Gasteiger partial charge on any atom is -0.332 e. The first-order valence-corrected chi connectivity index (χ1v) is 6.74. The molecule has 0 saturated carbocycles. The van der Waals surface area contributed by atoms with Crippen LogP contribution in [0.3, 0.4) is 0 Å². The largest absolute Gasteiger partial charge is 0.332 e. The van der Waals surface area contributed by atoms with Crippen LogP contribution in [-0.2, 0) is 11.2 Å². The molecule has 0 atom stereocenters. The van der Waals surface area contributed by atoms with E-state index in [4.69, 9.17) is 11.6 Å². The molecule has 0 fully saturated rings. The van der Waals surface area contributed by atoms with Crippen molar-refractivity contribution in [2.75, 3.05) is 0 Å². The highest BCUT2D eigenvalue weighted by atomic mass is 35.5. The molecule has 0 saturated heterocycles. The first-order valence-electron chi connectivity index (χ1n) is 5.48. The summed E-state index contributed by atoms with van der Waals surface area (Å²) < 4.78 is 0. The van der Waals surface area contributed by atoms with Crippen molar-refractivity contribution >= 4 is 34.9 Å². The molecular weight excluding hydrogens is 266 g/mol. The third-order valence-corrected chi connectivity index (χ3v) is 3.40. The van der Waals surface area contributed by atoms with Crippen LogP contribution in [0, 0.1) is 0 Å². The van der Waals surface area contributed by atoms with E-state index in [1.807, 2.05) is 35.7 Å². The molecule has 1 aromatic heterocycles. The fourth-order valence-corrected chi connectivity index (χ4v) is 2.19. The summed E-state index contributed by atoms with van der Waals surface area (Å²) in [6.07, 6.45) is 3.90. The van der Waals surface area contributed by atoms with Crippen molar-refractivity contribution < 1.29 is 4.79 Å². The molecule has 92 valence electrons. The van der Waals surface area contributed by atoms with Gasteiger partial charge in [-0.25, -0.2) is 0 Å². The summed E-state index contributed by atoms with van der Waals surface area (Å²) in [5.41, 5.74) is 0.946. The molecule has 1 N–H and O–H groups in total. The smallest absolute Gasteiger partial charge is 0.228 e. The summed E-state index contributed by atoms with van der Waals surface area (Å²) in [6.45, 7) is 0. The highest BCUT2D eigenvalue weighted by Crippen LogP contribution is 2.10. The highest BCUT2D eigenvalue weighted by molar-refractivity contribution is 7.10. The molecule has 1 heterocycles. The number of nitrogens with one attached hydrogen (secondary N) is 1. The summed E-state index contributed by atoms with van der Waals surface area (Å²) >= 11 is 7.41. The molecule has 2 rings (SSSR count). The standard InChI is InChI=1S/C14H12ClNOS/c15-12-5-3-11(4-6-12)10-14(17)16-8-7-13-2-1-9-18-13/h1-9H,10H2,(H,16,17)/b8-7+. The molecule has 2 aromatic rings. The topological polar surface area (TPSA) is 29.1 Å². The molecule has 0 radical (unpaired) electrons. The van der Waals surface area contributed by atoms with Gasteiger partial charge in [-0.3, -0.25) is 4.79 Å². The van der Waals surface area contributed by atoms with Crippen molar-refractivity contribution in [3.8, 4) is 0 Å². The van der Waals surface area contributed by atoms with E-state index in [0.29, 0.717) is 11.4 Å². The van der Waals surface area contributed by atoms with Crippen LogP contribution in [0.2, 0.25) is 5.02 Å². The lowest BCUT2D eigenvalue weighted by atomic mass is 10.1. The summed E-state index contributed by atoms with van der Waals surface area (Å²) in [4.78, 5) is 12.7. The Bertz CT molecular complexity index is 531. The van der Waals surface area contributed by atoms with Gasteiger partial charge >= 0.3 is 0 Å². The van der Waals surface area contributed by atoms with Crippen LogP contribution < -0.4 is 5.32 Å². The second kappa shape index (κ2) is 6.38. The molecule has 0 unspecified atom stereocenters. The van der Waals surface area contributed by atoms with E-state index in [1.165, 1.54) is 0 Å². The summed E-state index contributed by atoms with van der Waals surface area (Å²) in [5.74, 6) is -0.0369. The van der Waals surface area contributed by atoms with Crippen molar-refractivity contribution in [2.45, 2.75) is 6.42 Å². The van der Waals surface area contributed by atoms with Gasteiger partial charge < -0.3 is 5.32 Å². The maximum Gasteiger partial charge on any atom is 0.228 e. The van der Waals surface area contributed by atoms with Crippen LogP contribution in [0.1, 0.15) is 10.4 Å². The van der Waals surface area contributed by atoms with E-state index in [0.717, 1.165) is 10.4 Å². The van der Waals surface area contributed by atoms with E-state index >= 15 is 0 Å². The summed E-state index contributed by atoms with van der Waals surface area (Å²) in [7, 11) is 0. The third-order valence-electron chi connectivity index (χ3n) is 2.31. The minimum absolute atomic E-state index is 0.0369. The Balaban J connectivity index is 1.84. The average molecular weight is 278 g/mol. The van der Waals surface area contributed by atoms with E-state index in [9.17, 15) is 4.79 Å². The Morgan fingerprint density at radius 3 is 2.72 bits per heavy atom. The van der Waals surface area contributed by atoms with Gasteiger partial charge in [-0.05, 0) is 35.2 Å². The Kier molecular flexibility index (Phi) is 4.56. The van der Waals surface area contributed by atoms with Gasteiger partial charge in [-0.2, -0.15) is 0 Å². The van der Waals surface area contributed by atoms with Crippen molar-refractivity contribution in [3.63, 3.8) is 0 Å². The minimum atomic E-state index is -0.0369. The lowest BCUT2D eigenvalue weighted by molar-refractivity contribution is -0.119. The first kappa shape index (κ1) is 12.9. The fourth-order valence-electron chi connectivity index (χ4n) is 1.44. The molecule has 0 spiro atoms. The Morgan fingerprint density at radius 1 is 1.28 bits per heavy atom. The lowest BCUT2D eigenvalue weighted by Gasteiger charge is -2.00. The van der Waals surface area contributed by atoms with E-state index < -0.39 is 0 Å². The predicted molar refractivity (Wildman–Crippen MR) is 76.7 cm³/mol.